The van der Waals surface area contributed by atoms with Crippen LogP contribution in [0.2, 0.25) is 0 Å². The van der Waals surface area contributed by atoms with Gasteiger partial charge < -0.3 is 19.8 Å². The normalized spacial score (nSPS) is 27.7. The number of carboxylic acids is 1. The summed E-state index contributed by atoms with van der Waals surface area (Å²) < 4.78 is 0. The van der Waals surface area contributed by atoms with Crippen LogP contribution in [0.5, 0.6) is 0 Å². The summed E-state index contributed by atoms with van der Waals surface area (Å²) in [4.78, 5) is 40.0. The number of likely N-dealkylation sites (N-methyl/N-ethyl adjacent to an activating group) is 1. The molecule has 1 N–H and O–H groups in total. The van der Waals surface area contributed by atoms with Gasteiger partial charge in [-0.3, -0.25) is 4.79 Å². The highest BCUT2D eigenvalue weighted by molar-refractivity contribution is 5.87. The zero-order chi connectivity index (χ0) is 14.9. The summed E-state index contributed by atoms with van der Waals surface area (Å²) in [6, 6.07) is -1.11. The van der Waals surface area contributed by atoms with Gasteiger partial charge in [0.05, 0.1) is 0 Å². The molecular weight excluding hydrogens is 262 g/mol. The zero-order valence-electron chi connectivity index (χ0n) is 11.9. The quantitative estimate of drug-likeness (QED) is 0.738. The molecule has 2 heterocycles. The number of urea groups is 1. The minimum atomic E-state index is -0.967. The van der Waals surface area contributed by atoms with Gasteiger partial charge in [-0.1, -0.05) is 6.92 Å². The van der Waals surface area contributed by atoms with Gasteiger partial charge in [0.2, 0.25) is 5.91 Å². The number of amides is 3. The minimum Gasteiger partial charge on any atom is -0.480 e. The smallest absolute Gasteiger partial charge is 0.326 e. The van der Waals surface area contributed by atoms with Gasteiger partial charge in [-0.15, -0.1) is 0 Å². The molecular formula is C13H21N3O4. The Balaban J connectivity index is 2.10. The van der Waals surface area contributed by atoms with Gasteiger partial charge in [0.15, 0.2) is 0 Å². The molecule has 112 valence electrons. The summed E-state index contributed by atoms with van der Waals surface area (Å²) in [5.41, 5.74) is 0. The van der Waals surface area contributed by atoms with Crippen molar-refractivity contribution in [2.75, 3.05) is 33.2 Å². The molecule has 0 bridgehead atoms. The number of carbonyl (C=O) groups excluding carboxylic acids is 2. The standard InChI is InChI=1S/C13H21N3O4/c1-9-4-3-5-16(11(9)12(18)19)13(20)15-7-6-14(2)10(17)8-15/h9,11H,3-8H2,1-2H3,(H,18,19). The Hall–Kier alpha value is -1.79. The average Bonchev–Trinajstić information content (AvgIpc) is 2.40. The molecule has 2 atom stereocenters. The maximum atomic E-state index is 12.5. The lowest BCUT2D eigenvalue weighted by Gasteiger charge is -2.41. The van der Waals surface area contributed by atoms with Crippen LogP contribution >= 0.6 is 0 Å². The Morgan fingerprint density at radius 3 is 2.55 bits per heavy atom. The largest absolute Gasteiger partial charge is 0.480 e. The lowest BCUT2D eigenvalue weighted by molar-refractivity contribution is -0.145. The second-order valence-corrected chi connectivity index (χ2v) is 5.62. The van der Waals surface area contributed by atoms with Crippen LogP contribution in [0.15, 0.2) is 0 Å². The number of carboxylic acid groups (broad SMARTS) is 1. The predicted octanol–water partition coefficient (Wildman–Crippen LogP) is 0.0655. The number of hydrogen-bond acceptors (Lipinski definition) is 3. The number of piperazine rings is 1. The first-order chi connectivity index (χ1) is 9.41. The van der Waals surface area contributed by atoms with E-state index in [-0.39, 0.29) is 24.4 Å². The second kappa shape index (κ2) is 5.68. The first-order valence-corrected chi connectivity index (χ1v) is 6.94. The number of aliphatic carboxylic acids is 1. The molecule has 0 aromatic rings. The van der Waals surface area contributed by atoms with Crippen LogP contribution in [0.25, 0.3) is 0 Å². The third-order valence-corrected chi connectivity index (χ3v) is 4.16. The molecule has 7 nitrogen and oxygen atoms in total. The lowest BCUT2D eigenvalue weighted by atomic mass is 9.91. The maximum absolute atomic E-state index is 12.5. The van der Waals surface area contributed by atoms with E-state index in [1.807, 2.05) is 6.92 Å². The SMILES string of the molecule is CC1CCCN(C(=O)N2CCN(C)C(=O)C2)C1C(=O)O. The van der Waals surface area contributed by atoms with Crippen LogP contribution in [0.1, 0.15) is 19.8 Å². The fourth-order valence-corrected chi connectivity index (χ4v) is 2.88. The summed E-state index contributed by atoms with van der Waals surface area (Å²) in [5, 5.41) is 9.33. The van der Waals surface area contributed by atoms with Crippen LogP contribution in [-0.2, 0) is 9.59 Å². The van der Waals surface area contributed by atoms with Crippen molar-refractivity contribution in [2.24, 2.45) is 5.92 Å². The third-order valence-electron chi connectivity index (χ3n) is 4.16. The van der Waals surface area contributed by atoms with Gasteiger partial charge in [-0.05, 0) is 18.8 Å². The van der Waals surface area contributed by atoms with Gasteiger partial charge in [-0.25, -0.2) is 9.59 Å². The number of carbonyl (C=O) groups is 3. The summed E-state index contributed by atoms with van der Waals surface area (Å²) in [7, 11) is 1.70. The number of piperidine rings is 1. The molecule has 20 heavy (non-hydrogen) atoms. The summed E-state index contributed by atoms with van der Waals surface area (Å²) in [6.45, 7) is 3.28. The van der Waals surface area contributed by atoms with Crippen molar-refractivity contribution < 1.29 is 19.5 Å². The Bertz CT molecular complexity index is 426. The molecule has 2 unspecified atom stereocenters. The van der Waals surface area contributed by atoms with Crippen LogP contribution < -0.4 is 0 Å². The molecule has 0 spiro atoms. The molecule has 2 rings (SSSR count). The summed E-state index contributed by atoms with van der Waals surface area (Å²) in [5.74, 6) is -1.14. The number of hydrogen-bond donors (Lipinski definition) is 1. The number of rotatable bonds is 1. The Morgan fingerprint density at radius 1 is 1.25 bits per heavy atom. The maximum Gasteiger partial charge on any atom is 0.326 e. The van der Waals surface area contributed by atoms with Crippen LogP contribution in [0, 0.1) is 5.92 Å². The van der Waals surface area contributed by atoms with Gasteiger partial charge in [-0.2, -0.15) is 0 Å². The molecule has 2 aliphatic heterocycles. The van der Waals surface area contributed by atoms with Crippen molar-refractivity contribution in [1.82, 2.24) is 14.7 Å². The van der Waals surface area contributed by atoms with Crippen LogP contribution in [0.4, 0.5) is 4.79 Å². The van der Waals surface area contributed by atoms with Gasteiger partial charge >= 0.3 is 12.0 Å². The van der Waals surface area contributed by atoms with Gasteiger partial charge in [0.25, 0.3) is 0 Å². The van der Waals surface area contributed by atoms with E-state index < -0.39 is 12.0 Å². The Morgan fingerprint density at radius 2 is 1.95 bits per heavy atom. The van der Waals surface area contributed by atoms with E-state index in [9.17, 15) is 19.5 Å². The van der Waals surface area contributed by atoms with E-state index in [0.717, 1.165) is 12.8 Å². The Kier molecular flexibility index (Phi) is 4.15. The molecule has 7 heteroatoms. The van der Waals surface area contributed by atoms with E-state index in [0.29, 0.717) is 19.6 Å². The number of nitrogens with zero attached hydrogens (tertiary/aromatic N) is 3. The molecule has 2 aliphatic rings. The van der Waals surface area contributed by atoms with Crippen molar-refractivity contribution in [1.29, 1.82) is 0 Å². The van der Waals surface area contributed by atoms with E-state index >= 15 is 0 Å². The zero-order valence-corrected chi connectivity index (χ0v) is 11.9. The lowest BCUT2D eigenvalue weighted by Crippen LogP contribution is -2.59. The van der Waals surface area contributed by atoms with E-state index in [1.54, 1.807) is 11.9 Å². The van der Waals surface area contributed by atoms with Crippen molar-refractivity contribution in [2.45, 2.75) is 25.8 Å². The van der Waals surface area contributed by atoms with Crippen molar-refractivity contribution in [3.05, 3.63) is 0 Å². The molecule has 3 amide bonds. The highest BCUT2D eigenvalue weighted by atomic mass is 16.4. The van der Waals surface area contributed by atoms with Crippen molar-refractivity contribution >= 4 is 17.9 Å². The van der Waals surface area contributed by atoms with E-state index in [2.05, 4.69) is 0 Å². The topological polar surface area (TPSA) is 81.2 Å². The molecule has 0 aliphatic carbocycles. The van der Waals surface area contributed by atoms with Gasteiger partial charge in [0.1, 0.15) is 12.6 Å². The van der Waals surface area contributed by atoms with E-state index in [1.165, 1.54) is 9.80 Å². The highest BCUT2D eigenvalue weighted by Gasteiger charge is 2.39. The molecule has 0 saturated carbocycles. The summed E-state index contributed by atoms with van der Waals surface area (Å²) in [6.07, 6.45) is 1.61. The van der Waals surface area contributed by atoms with Crippen molar-refractivity contribution in [3.63, 3.8) is 0 Å². The second-order valence-electron chi connectivity index (χ2n) is 5.62. The van der Waals surface area contributed by atoms with Crippen LogP contribution in [0.3, 0.4) is 0 Å². The molecule has 0 aromatic heterocycles. The predicted molar refractivity (Wildman–Crippen MR) is 71.1 cm³/mol. The minimum absolute atomic E-state index is 0.0343. The fourth-order valence-electron chi connectivity index (χ4n) is 2.88. The monoisotopic (exact) mass is 283 g/mol. The molecule has 0 aromatic carbocycles. The van der Waals surface area contributed by atoms with E-state index in [4.69, 9.17) is 0 Å². The summed E-state index contributed by atoms with van der Waals surface area (Å²) >= 11 is 0. The Labute approximate surface area is 118 Å². The molecule has 0 radical (unpaired) electrons. The molecule has 2 saturated heterocycles. The highest BCUT2D eigenvalue weighted by Crippen LogP contribution is 2.25. The first-order valence-electron chi connectivity index (χ1n) is 6.94. The number of likely N-dealkylation sites (tertiary alicyclic amines) is 1. The van der Waals surface area contributed by atoms with Crippen molar-refractivity contribution in [3.8, 4) is 0 Å². The third kappa shape index (κ3) is 2.71. The average molecular weight is 283 g/mol. The molecule has 2 fully saturated rings. The first kappa shape index (κ1) is 14.6. The van der Waals surface area contributed by atoms with Crippen LogP contribution in [-0.4, -0.2) is 77.0 Å². The van der Waals surface area contributed by atoms with Gasteiger partial charge in [0, 0.05) is 26.7 Å². The fraction of sp³-hybridized carbons (Fsp3) is 0.769.